The van der Waals surface area contributed by atoms with Crippen molar-refractivity contribution in [2.45, 2.75) is 30.3 Å². The Hall–Kier alpha value is -2.27. The summed E-state index contributed by atoms with van der Waals surface area (Å²) in [6, 6.07) is 20.6. The number of benzene rings is 2. The number of thioether (sulfide) groups is 1. The summed E-state index contributed by atoms with van der Waals surface area (Å²) in [5.74, 6) is 0. The number of aromatic amines is 1. The molecule has 4 nitrogen and oxygen atoms in total. The van der Waals surface area contributed by atoms with E-state index in [0.29, 0.717) is 6.54 Å². The first kappa shape index (κ1) is 15.6. The lowest BCUT2D eigenvalue weighted by atomic mass is 10.0. The van der Waals surface area contributed by atoms with E-state index in [9.17, 15) is 4.79 Å². The average Bonchev–Trinajstić information content (AvgIpc) is 2.95. The number of rotatable bonds is 6. The van der Waals surface area contributed by atoms with E-state index in [1.165, 1.54) is 11.1 Å². The maximum Gasteiger partial charge on any atom is 0.343 e. The maximum absolute atomic E-state index is 11.9. The van der Waals surface area contributed by atoms with Crippen LogP contribution in [0.25, 0.3) is 0 Å². The first-order chi connectivity index (χ1) is 11.3. The third kappa shape index (κ3) is 3.56. The first-order valence-electron chi connectivity index (χ1n) is 7.71. The van der Waals surface area contributed by atoms with E-state index in [1.807, 2.05) is 36.4 Å². The van der Waals surface area contributed by atoms with Gasteiger partial charge >= 0.3 is 5.69 Å². The van der Waals surface area contributed by atoms with Gasteiger partial charge in [0.2, 0.25) is 0 Å². The van der Waals surface area contributed by atoms with Crippen LogP contribution in [0.2, 0.25) is 0 Å². The molecule has 0 spiro atoms. The minimum atomic E-state index is -0.144. The zero-order chi connectivity index (χ0) is 16.1. The lowest BCUT2D eigenvalue weighted by Crippen LogP contribution is -2.17. The quantitative estimate of drug-likeness (QED) is 0.700. The smallest absolute Gasteiger partial charge is 0.270 e. The van der Waals surface area contributed by atoms with Gasteiger partial charge in [0.1, 0.15) is 0 Å². The van der Waals surface area contributed by atoms with Crippen molar-refractivity contribution in [3.05, 3.63) is 82.3 Å². The van der Waals surface area contributed by atoms with Gasteiger partial charge in [-0.05, 0) is 17.5 Å². The SMILES string of the molecule is CCCn1c(SC(c2ccccc2)c2ccccc2)n[nH]c1=O. The topological polar surface area (TPSA) is 50.7 Å². The number of hydrogen-bond acceptors (Lipinski definition) is 3. The maximum atomic E-state index is 11.9. The predicted molar refractivity (Wildman–Crippen MR) is 93.7 cm³/mol. The average molecular weight is 325 g/mol. The van der Waals surface area contributed by atoms with E-state index in [4.69, 9.17) is 0 Å². The fourth-order valence-electron chi connectivity index (χ4n) is 2.50. The van der Waals surface area contributed by atoms with Gasteiger partial charge in [-0.3, -0.25) is 4.57 Å². The molecule has 2 aromatic carbocycles. The highest BCUT2D eigenvalue weighted by Gasteiger charge is 2.19. The molecule has 1 heterocycles. The lowest BCUT2D eigenvalue weighted by molar-refractivity contribution is 0.603. The van der Waals surface area contributed by atoms with Crippen LogP contribution in [0.5, 0.6) is 0 Å². The third-order valence-corrected chi connectivity index (χ3v) is 4.90. The van der Waals surface area contributed by atoms with Crippen LogP contribution in [0.4, 0.5) is 0 Å². The van der Waals surface area contributed by atoms with Crippen LogP contribution in [-0.2, 0) is 6.54 Å². The van der Waals surface area contributed by atoms with Gasteiger partial charge in [-0.1, -0.05) is 79.3 Å². The van der Waals surface area contributed by atoms with Crippen LogP contribution in [0, 0.1) is 0 Å². The molecule has 0 aliphatic carbocycles. The first-order valence-corrected chi connectivity index (χ1v) is 8.59. The summed E-state index contributed by atoms with van der Waals surface area (Å²) in [5.41, 5.74) is 2.25. The van der Waals surface area contributed by atoms with Crippen LogP contribution in [0.3, 0.4) is 0 Å². The molecule has 0 saturated heterocycles. The molecule has 3 rings (SSSR count). The molecule has 0 bridgehead atoms. The summed E-state index contributed by atoms with van der Waals surface area (Å²) in [6.07, 6.45) is 0.897. The van der Waals surface area contributed by atoms with E-state index in [1.54, 1.807) is 16.3 Å². The van der Waals surface area contributed by atoms with Gasteiger partial charge in [0.25, 0.3) is 0 Å². The standard InChI is InChI=1S/C18H19N3OS/c1-2-13-21-17(22)19-20-18(21)23-16(14-9-5-3-6-10-14)15-11-7-4-8-12-15/h3-12,16H,2,13H2,1H3,(H,19,22). The van der Waals surface area contributed by atoms with Crippen molar-refractivity contribution in [3.8, 4) is 0 Å². The Bertz CT molecular complexity index is 756. The second-order valence-electron chi connectivity index (χ2n) is 5.28. The van der Waals surface area contributed by atoms with Crippen LogP contribution >= 0.6 is 11.8 Å². The van der Waals surface area contributed by atoms with E-state index in [2.05, 4.69) is 41.4 Å². The predicted octanol–water partition coefficient (Wildman–Crippen LogP) is 3.86. The zero-order valence-corrected chi connectivity index (χ0v) is 13.8. The van der Waals surface area contributed by atoms with Crippen LogP contribution < -0.4 is 5.69 Å². The monoisotopic (exact) mass is 325 g/mol. The Balaban J connectivity index is 1.99. The summed E-state index contributed by atoms with van der Waals surface area (Å²) < 4.78 is 1.71. The second-order valence-corrected chi connectivity index (χ2v) is 6.35. The molecular weight excluding hydrogens is 306 g/mol. The van der Waals surface area contributed by atoms with Gasteiger partial charge in [0.05, 0.1) is 5.25 Å². The van der Waals surface area contributed by atoms with Gasteiger partial charge in [-0.15, -0.1) is 5.10 Å². The molecule has 0 atom stereocenters. The molecule has 0 radical (unpaired) electrons. The summed E-state index contributed by atoms with van der Waals surface area (Å²) in [4.78, 5) is 11.9. The summed E-state index contributed by atoms with van der Waals surface area (Å²) in [7, 11) is 0. The van der Waals surface area contributed by atoms with Gasteiger partial charge in [-0.2, -0.15) is 0 Å². The van der Waals surface area contributed by atoms with Crippen LogP contribution in [0.15, 0.2) is 70.6 Å². The number of nitrogens with one attached hydrogen (secondary N) is 1. The summed E-state index contributed by atoms with van der Waals surface area (Å²) in [5, 5.41) is 7.61. The molecule has 0 amide bonds. The molecule has 0 aliphatic rings. The summed E-state index contributed by atoms with van der Waals surface area (Å²) in [6.45, 7) is 2.73. The molecule has 0 aliphatic heterocycles. The van der Waals surface area contributed by atoms with Crippen molar-refractivity contribution in [1.29, 1.82) is 0 Å². The third-order valence-electron chi connectivity index (χ3n) is 3.60. The highest BCUT2D eigenvalue weighted by atomic mass is 32.2. The van der Waals surface area contributed by atoms with Crippen molar-refractivity contribution < 1.29 is 0 Å². The van der Waals surface area contributed by atoms with Gasteiger partial charge in [-0.25, -0.2) is 9.89 Å². The van der Waals surface area contributed by atoms with Crippen molar-refractivity contribution in [3.63, 3.8) is 0 Å². The van der Waals surface area contributed by atoms with Crippen molar-refractivity contribution in [2.24, 2.45) is 0 Å². The lowest BCUT2D eigenvalue weighted by Gasteiger charge is -2.17. The molecule has 1 aromatic heterocycles. The molecule has 0 saturated carbocycles. The van der Waals surface area contributed by atoms with E-state index in [-0.39, 0.29) is 10.9 Å². The van der Waals surface area contributed by atoms with Crippen molar-refractivity contribution in [1.82, 2.24) is 14.8 Å². The highest BCUT2D eigenvalue weighted by molar-refractivity contribution is 7.99. The fraction of sp³-hybridized carbons (Fsp3) is 0.222. The Morgan fingerprint density at radius 3 is 2.13 bits per heavy atom. The number of hydrogen-bond donors (Lipinski definition) is 1. The zero-order valence-electron chi connectivity index (χ0n) is 13.0. The normalized spacial score (nSPS) is 11.0. The Morgan fingerprint density at radius 1 is 1.04 bits per heavy atom. The van der Waals surface area contributed by atoms with Crippen molar-refractivity contribution in [2.75, 3.05) is 0 Å². The summed E-state index contributed by atoms with van der Waals surface area (Å²) >= 11 is 1.60. The van der Waals surface area contributed by atoms with Gasteiger partial charge in [0.15, 0.2) is 5.16 Å². The van der Waals surface area contributed by atoms with Gasteiger partial charge < -0.3 is 0 Å². The molecule has 23 heavy (non-hydrogen) atoms. The molecular formula is C18H19N3OS. The minimum Gasteiger partial charge on any atom is -0.270 e. The number of H-pyrrole nitrogens is 1. The number of aromatic nitrogens is 3. The second kappa shape index (κ2) is 7.33. The number of nitrogens with zero attached hydrogens (tertiary/aromatic N) is 2. The fourth-order valence-corrected chi connectivity index (χ4v) is 3.70. The molecule has 0 unspecified atom stereocenters. The molecule has 5 heteroatoms. The van der Waals surface area contributed by atoms with Crippen LogP contribution in [-0.4, -0.2) is 14.8 Å². The minimum absolute atomic E-state index is 0.100. The van der Waals surface area contributed by atoms with E-state index >= 15 is 0 Å². The Morgan fingerprint density at radius 2 is 1.61 bits per heavy atom. The molecule has 0 fully saturated rings. The molecule has 118 valence electrons. The molecule has 3 aromatic rings. The van der Waals surface area contributed by atoms with Crippen molar-refractivity contribution >= 4 is 11.8 Å². The van der Waals surface area contributed by atoms with Crippen LogP contribution in [0.1, 0.15) is 29.7 Å². The van der Waals surface area contributed by atoms with Gasteiger partial charge in [0, 0.05) is 6.54 Å². The highest BCUT2D eigenvalue weighted by Crippen LogP contribution is 2.39. The Labute approximate surface area is 139 Å². The van der Waals surface area contributed by atoms with E-state index in [0.717, 1.165) is 11.6 Å². The largest absolute Gasteiger partial charge is 0.343 e. The Kier molecular flexibility index (Phi) is 4.98. The molecule has 1 N–H and O–H groups in total. The van der Waals surface area contributed by atoms with E-state index < -0.39 is 0 Å².